The Hall–Kier alpha value is -2.04. The van der Waals surface area contributed by atoms with Crippen LogP contribution in [0.4, 0.5) is 11.6 Å². The van der Waals surface area contributed by atoms with Crippen LogP contribution in [-0.2, 0) is 0 Å². The fourth-order valence-electron chi connectivity index (χ4n) is 1.10. The molecule has 0 aliphatic heterocycles. The molecular formula is C8H9N5. The van der Waals surface area contributed by atoms with E-state index < -0.39 is 0 Å². The highest BCUT2D eigenvalue weighted by Gasteiger charge is 2.03. The van der Waals surface area contributed by atoms with Gasteiger partial charge < -0.3 is 11.5 Å². The van der Waals surface area contributed by atoms with Crippen LogP contribution in [-0.4, -0.2) is 14.8 Å². The summed E-state index contributed by atoms with van der Waals surface area (Å²) in [6.45, 7) is 0. The van der Waals surface area contributed by atoms with Gasteiger partial charge in [0.2, 0.25) is 0 Å². The number of nitrogens with two attached hydrogens (primary N) is 2. The van der Waals surface area contributed by atoms with Crippen LogP contribution in [0.5, 0.6) is 0 Å². The van der Waals surface area contributed by atoms with Crippen LogP contribution >= 0.6 is 0 Å². The molecule has 0 atom stereocenters. The highest BCUT2D eigenvalue weighted by Crippen LogP contribution is 2.13. The van der Waals surface area contributed by atoms with E-state index in [1.54, 1.807) is 23.1 Å². The molecule has 0 unspecified atom stereocenters. The van der Waals surface area contributed by atoms with E-state index in [9.17, 15) is 0 Å². The van der Waals surface area contributed by atoms with Crippen molar-refractivity contribution in [3.05, 3.63) is 30.6 Å². The first-order chi connectivity index (χ1) is 6.27. The third-order valence-corrected chi connectivity index (χ3v) is 1.65. The van der Waals surface area contributed by atoms with Gasteiger partial charge in [-0.2, -0.15) is 0 Å². The van der Waals surface area contributed by atoms with Crippen LogP contribution in [0.3, 0.4) is 0 Å². The van der Waals surface area contributed by atoms with Crippen molar-refractivity contribution in [2.75, 3.05) is 11.5 Å². The van der Waals surface area contributed by atoms with Crippen LogP contribution in [0.25, 0.3) is 5.69 Å². The second-order valence-corrected chi connectivity index (χ2v) is 2.62. The van der Waals surface area contributed by atoms with Crippen LogP contribution in [0, 0.1) is 0 Å². The largest absolute Gasteiger partial charge is 0.384 e. The van der Waals surface area contributed by atoms with Crippen molar-refractivity contribution in [3.63, 3.8) is 0 Å². The van der Waals surface area contributed by atoms with E-state index >= 15 is 0 Å². The maximum absolute atomic E-state index is 5.67. The fourth-order valence-corrected chi connectivity index (χ4v) is 1.10. The lowest BCUT2D eigenvalue weighted by molar-refractivity contribution is 0.890. The van der Waals surface area contributed by atoms with Gasteiger partial charge in [0.1, 0.15) is 11.6 Å². The van der Waals surface area contributed by atoms with Gasteiger partial charge >= 0.3 is 0 Å². The molecule has 0 aromatic carbocycles. The highest BCUT2D eigenvalue weighted by atomic mass is 15.3. The standard InChI is InChI=1S/C8H9N5/c9-7-4-8(10)13(12-7)6-2-1-3-11-5-6/h1-5H,10H2,(H2,9,12). The van der Waals surface area contributed by atoms with Crippen molar-refractivity contribution in [1.29, 1.82) is 0 Å². The Balaban J connectivity index is 2.53. The number of nitrogens with zero attached hydrogens (tertiary/aromatic N) is 3. The van der Waals surface area contributed by atoms with Crippen LogP contribution < -0.4 is 11.5 Å². The Morgan fingerprint density at radius 2 is 2.15 bits per heavy atom. The molecule has 0 spiro atoms. The van der Waals surface area contributed by atoms with Crippen LogP contribution in [0.2, 0.25) is 0 Å². The van der Waals surface area contributed by atoms with E-state index in [1.165, 1.54) is 0 Å². The molecule has 0 amide bonds. The summed E-state index contributed by atoms with van der Waals surface area (Å²) < 4.78 is 1.54. The first-order valence-electron chi connectivity index (χ1n) is 3.79. The van der Waals surface area contributed by atoms with Gasteiger partial charge in [-0.1, -0.05) is 0 Å². The van der Waals surface area contributed by atoms with Crippen molar-refractivity contribution in [2.45, 2.75) is 0 Å². The maximum Gasteiger partial charge on any atom is 0.148 e. The molecule has 0 bridgehead atoms. The summed E-state index contributed by atoms with van der Waals surface area (Å²) in [6.07, 6.45) is 3.36. The third kappa shape index (κ3) is 1.31. The van der Waals surface area contributed by atoms with Crippen LogP contribution in [0.15, 0.2) is 30.6 Å². The van der Waals surface area contributed by atoms with Gasteiger partial charge in [-0.25, -0.2) is 4.68 Å². The SMILES string of the molecule is Nc1cc(N)n(-c2cccnc2)n1. The summed E-state index contributed by atoms with van der Waals surface area (Å²) in [6, 6.07) is 5.27. The maximum atomic E-state index is 5.67. The summed E-state index contributed by atoms with van der Waals surface area (Å²) >= 11 is 0. The molecule has 0 fully saturated rings. The van der Waals surface area contributed by atoms with Crippen molar-refractivity contribution in [3.8, 4) is 5.69 Å². The van der Waals surface area contributed by atoms with Gasteiger partial charge in [0.05, 0.1) is 11.9 Å². The summed E-state index contributed by atoms with van der Waals surface area (Å²) in [7, 11) is 0. The summed E-state index contributed by atoms with van der Waals surface area (Å²) in [5.41, 5.74) is 12.0. The summed E-state index contributed by atoms with van der Waals surface area (Å²) in [5.74, 6) is 0.909. The number of aromatic nitrogens is 3. The number of hydrogen-bond acceptors (Lipinski definition) is 4. The number of pyridine rings is 1. The highest BCUT2D eigenvalue weighted by molar-refractivity contribution is 5.47. The Morgan fingerprint density at radius 1 is 1.31 bits per heavy atom. The summed E-state index contributed by atoms with van der Waals surface area (Å²) in [4.78, 5) is 3.95. The molecule has 0 saturated carbocycles. The van der Waals surface area contributed by atoms with E-state index in [2.05, 4.69) is 10.1 Å². The molecule has 0 aliphatic rings. The summed E-state index contributed by atoms with van der Waals surface area (Å²) in [5, 5.41) is 4.01. The quantitative estimate of drug-likeness (QED) is 0.658. The zero-order chi connectivity index (χ0) is 9.26. The van der Waals surface area contributed by atoms with Gasteiger partial charge in [0.25, 0.3) is 0 Å². The molecule has 0 radical (unpaired) electrons. The Labute approximate surface area is 75.0 Å². The monoisotopic (exact) mass is 175 g/mol. The second kappa shape index (κ2) is 2.78. The molecule has 4 N–H and O–H groups in total. The first-order valence-corrected chi connectivity index (χ1v) is 3.79. The Morgan fingerprint density at radius 3 is 2.69 bits per heavy atom. The van der Waals surface area contributed by atoms with Gasteiger partial charge in [-0.15, -0.1) is 5.10 Å². The molecule has 2 aromatic heterocycles. The molecule has 0 aliphatic carbocycles. The number of anilines is 2. The van der Waals surface area contributed by atoms with E-state index in [4.69, 9.17) is 11.5 Å². The lowest BCUT2D eigenvalue weighted by Gasteiger charge is -2.01. The predicted octanol–water partition coefficient (Wildman–Crippen LogP) is 0.432. The molecule has 66 valence electrons. The molecule has 0 saturated heterocycles. The normalized spacial score (nSPS) is 10.2. The fraction of sp³-hybridized carbons (Fsp3) is 0. The van der Waals surface area contributed by atoms with E-state index in [0.29, 0.717) is 11.6 Å². The lowest BCUT2D eigenvalue weighted by atomic mass is 10.4. The minimum atomic E-state index is 0.404. The average Bonchev–Trinajstić information content (AvgIpc) is 2.47. The minimum absolute atomic E-state index is 0.404. The topological polar surface area (TPSA) is 82.8 Å². The smallest absolute Gasteiger partial charge is 0.148 e. The molecule has 2 rings (SSSR count). The first kappa shape index (κ1) is 7.60. The molecular weight excluding hydrogens is 166 g/mol. The minimum Gasteiger partial charge on any atom is -0.384 e. The van der Waals surface area contributed by atoms with Gasteiger partial charge in [-0.3, -0.25) is 4.98 Å². The van der Waals surface area contributed by atoms with Crippen molar-refractivity contribution >= 4 is 11.6 Å². The Kier molecular flexibility index (Phi) is 1.63. The molecule has 2 aromatic rings. The zero-order valence-corrected chi connectivity index (χ0v) is 6.88. The number of hydrogen-bond donors (Lipinski definition) is 2. The zero-order valence-electron chi connectivity index (χ0n) is 6.88. The van der Waals surface area contributed by atoms with Gasteiger partial charge in [0.15, 0.2) is 0 Å². The lowest BCUT2D eigenvalue weighted by Crippen LogP contribution is -2.01. The van der Waals surface area contributed by atoms with Crippen molar-refractivity contribution in [1.82, 2.24) is 14.8 Å². The van der Waals surface area contributed by atoms with Gasteiger partial charge in [0, 0.05) is 12.3 Å². The van der Waals surface area contributed by atoms with Crippen LogP contribution in [0.1, 0.15) is 0 Å². The number of rotatable bonds is 1. The molecule has 13 heavy (non-hydrogen) atoms. The number of nitrogen functional groups attached to an aromatic ring is 2. The van der Waals surface area contributed by atoms with Crippen molar-refractivity contribution < 1.29 is 0 Å². The average molecular weight is 175 g/mol. The van der Waals surface area contributed by atoms with E-state index in [1.807, 2.05) is 12.1 Å². The molecule has 2 heterocycles. The molecule has 5 nitrogen and oxygen atoms in total. The Bertz CT molecular complexity index is 406. The van der Waals surface area contributed by atoms with E-state index in [-0.39, 0.29) is 0 Å². The predicted molar refractivity (Wildman–Crippen MR) is 50.2 cm³/mol. The van der Waals surface area contributed by atoms with Gasteiger partial charge in [-0.05, 0) is 12.1 Å². The third-order valence-electron chi connectivity index (χ3n) is 1.65. The van der Waals surface area contributed by atoms with E-state index in [0.717, 1.165) is 5.69 Å². The second-order valence-electron chi connectivity index (χ2n) is 2.62. The van der Waals surface area contributed by atoms with Crippen molar-refractivity contribution in [2.24, 2.45) is 0 Å². The molecule has 5 heteroatoms.